The Morgan fingerprint density at radius 3 is 2.88 bits per heavy atom. The van der Waals surface area contributed by atoms with Crippen LogP contribution in [0.1, 0.15) is 58.8 Å². The fraction of sp³-hybridized carbons (Fsp3) is 0.722. The quantitative estimate of drug-likeness (QED) is 0.823. The van der Waals surface area contributed by atoms with E-state index in [0.717, 1.165) is 38.0 Å². The van der Waals surface area contributed by atoms with E-state index in [4.69, 9.17) is 9.47 Å². The Morgan fingerprint density at radius 2 is 2.21 bits per heavy atom. The number of hydrogen-bond acceptors (Lipinski definition) is 5. The van der Waals surface area contributed by atoms with Gasteiger partial charge in [-0.1, -0.05) is 0 Å². The molecule has 2 rings (SSSR count). The van der Waals surface area contributed by atoms with Crippen molar-refractivity contribution >= 4 is 6.09 Å². The largest absolute Gasteiger partial charge is 0.444 e. The average Bonchev–Trinajstić information content (AvgIpc) is 2.54. The fourth-order valence-corrected chi connectivity index (χ4v) is 2.81. The van der Waals surface area contributed by atoms with Gasteiger partial charge in [-0.2, -0.15) is 0 Å². The maximum atomic E-state index is 12.2. The van der Waals surface area contributed by atoms with Crippen molar-refractivity contribution in [3.8, 4) is 0 Å². The van der Waals surface area contributed by atoms with Crippen molar-refractivity contribution in [2.24, 2.45) is 5.92 Å². The summed E-state index contributed by atoms with van der Waals surface area (Å²) in [4.78, 5) is 22.3. The van der Waals surface area contributed by atoms with E-state index in [-0.39, 0.29) is 12.2 Å². The summed E-state index contributed by atoms with van der Waals surface area (Å²) in [6.07, 6.45) is 7.87. The molecule has 1 aliphatic heterocycles. The zero-order valence-corrected chi connectivity index (χ0v) is 15.2. The molecular weight excluding hydrogens is 306 g/mol. The molecule has 0 radical (unpaired) electrons. The van der Waals surface area contributed by atoms with Crippen LogP contribution in [0.25, 0.3) is 0 Å². The van der Waals surface area contributed by atoms with Crippen LogP contribution in [-0.4, -0.2) is 46.3 Å². The Hall–Kier alpha value is -1.69. The highest BCUT2D eigenvalue weighted by atomic mass is 16.6. The van der Waals surface area contributed by atoms with E-state index in [1.165, 1.54) is 0 Å². The summed E-state index contributed by atoms with van der Waals surface area (Å²) in [5.74, 6) is 0.459. The van der Waals surface area contributed by atoms with Gasteiger partial charge in [-0.15, -0.1) is 0 Å². The van der Waals surface area contributed by atoms with E-state index in [0.29, 0.717) is 12.5 Å². The molecule has 1 aliphatic rings. The smallest absolute Gasteiger partial charge is 0.410 e. The second-order valence-electron chi connectivity index (χ2n) is 7.37. The molecule has 1 aromatic heterocycles. The lowest BCUT2D eigenvalue weighted by atomic mass is 9.95. The maximum absolute atomic E-state index is 12.2. The zero-order chi connectivity index (χ0) is 17.6. The lowest BCUT2D eigenvalue weighted by molar-refractivity contribution is 0.0104. The lowest BCUT2D eigenvalue weighted by Gasteiger charge is -2.34. The summed E-state index contributed by atoms with van der Waals surface area (Å²) in [6.45, 7) is 9.86. The van der Waals surface area contributed by atoms with Gasteiger partial charge in [0, 0.05) is 32.1 Å². The average molecular weight is 335 g/mol. The molecule has 0 saturated carbocycles. The topological polar surface area (TPSA) is 64.5 Å². The van der Waals surface area contributed by atoms with Crippen LogP contribution in [0.15, 0.2) is 18.6 Å². The van der Waals surface area contributed by atoms with Crippen LogP contribution in [0.3, 0.4) is 0 Å². The van der Waals surface area contributed by atoms with Crippen molar-refractivity contribution in [3.05, 3.63) is 24.3 Å². The van der Waals surface area contributed by atoms with Crippen molar-refractivity contribution in [2.75, 3.05) is 19.7 Å². The molecule has 24 heavy (non-hydrogen) atoms. The van der Waals surface area contributed by atoms with Gasteiger partial charge in [0.25, 0.3) is 0 Å². The number of likely N-dealkylation sites (tertiary alicyclic amines) is 1. The van der Waals surface area contributed by atoms with Crippen LogP contribution in [-0.2, 0) is 9.47 Å². The Labute approximate surface area is 144 Å². The van der Waals surface area contributed by atoms with Gasteiger partial charge in [-0.3, -0.25) is 9.97 Å². The van der Waals surface area contributed by atoms with Gasteiger partial charge in [0.05, 0.1) is 18.0 Å². The highest BCUT2D eigenvalue weighted by Gasteiger charge is 2.27. The number of carbonyl (C=O) groups excluding carboxylic acids is 1. The number of piperidine rings is 1. The number of aromatic nitrogens is 2. The minimum atomic E-state index is -0.445. The molecule has 0 spiro atoms. The first kappa shape index (κ1) is 18.6. The molecule has 6 heteroatoms. The van der Waals surface area contributed by atoms with E-state index in [9.17, 15) is 4.79 Å². The van der Waals surface area contributed by atoms with Crippen LogP contribution >= 0.6 is 0 Å². The molecule has 1 saturated heterocycles. The minimum absolute atomic E-state index is 0.0655. The number of hydrogen-bond donors (Lipinski definition) is 0. The highest BCUT2D eigenvalue weighted by molar-refractivity contribution is 5.68. The molecule has 134 valence electrons. The van der Waals surface area contributed by atoms with E-state index in [1.54, 1.807) is 18.6 Å². The fourth-order valence-electron chi connectivity index (χ4n) is 2.81. The third kappa shape index (κ3) is 6.07. The van der Waals surface area contributed by atoms with Crippen molar-refractivity contribution in [1.82, 2.24) is 14.9 Å². The Balaban J connectivity index is 1.74. The molecule has 0 N–H and O–H groups in total. The Kier molecular flexibility index (Phi) is 6.54. The lowest BCUT2D eigenvalue weighted by Crippen LogP contribution is -2.43. The maximum Gasteiger partial charge on any atom is 0.410 e. The summed E-state index contributed by atoms with van der Waals surface area (Å²) >= 11 is 0. The van der Waals surface area contributed by atoms with E-state index in [2.05, 4.69) is 9.97 Å². The Morgan fingerprint density at radius 1 is 1.42 bits per heavy atom. The first-order chi connectivity index (χ1) is 11.3. The first-order valence-electron chi connectivity index (χ1n) is 8.70. The summed E-state index contributed by atoms with van der Waals surface area (Å²) < 4.78 is 11.3. The summed E-state index contributed by atoms with van der Waals surface area (Å²) in [5, 5.41) is 0. The number of carbonyl (C=O) groups is 1. The standard InChI is InChI=1S/C18H29N3O3/c1-14(16-12-19-8-9-20-16)23-11-7-15-6-5-10-21(13-15)17(22)24-18(2,3)4/h8-9,12,14-15H,5-7,10-11,13H2,1-4H3/t14-,15-/m0/s1. The van der Waals surface area contributed by atoms with Crippen molar-refractivity contribution in [2.45, 2.75) is 58.7 Å². The van der Waals surface area contributed by atoms with Crippen LogP contribution in [0.2, 0.25) is 0 Å². The molecule has 2 heterocycles. The number of nitrogens with zero attached hydrogens (tertiary/aromatic N) is 3. The van der Waals surface area contributed by atoms with Gasteiger partial charge in [0.2, 0.25) is 0 Å². The third-order valence-corrected chi connectivity index (χ3v) is 4.06. The molecule has 0 unspecified atom stereocenters. The second-order valence-corrected chi connectivity index (χ2v) is 7.37. The molecule has 0 bridgehead atoms. The molecule has 1 aromatic rings. The second kappa shape index (κ2) is 8.42. The normalized spacial score (nSPS) is 19.8. The van der Waals surface area contributed by atoms with Crippen molar-refractivity contribution in [3.63, 3.8) is 0 Å². The van der Waals surface area contributed by atoms with Crippen LogP contribution < -0.4 is 0 Å². The molecule has 1 fully saturated rings. The van der Waals surface area contributed by atoms with Gasteiger partial charge < -0.3 is 14.4 Å². The van der Waals surface area contributed by atoms with Gasteiger partial charge in [-0.05, 0) is 52.9 Å². The number of ether oxygens (including phenoxy) is 2. The molecule has 0 aliphatic carbocycles. The Bertz CT molecular complexity index is 516. The summed E-state index contributed by atoms with van der Waals surface area (Å²) in [6, 6.07) is 0. The van der Waals surface area contributed by atoms with Crippen molar-refractivity contribution in [1.29, 1.82) is 0 Å². The van der Waals surface area contributed by atoms with Gasteiger partial charge >= 0.3 is 6.09 Å². The van der Waals surface area contributed by atoms with Crippen LogP contribution in [0.4, 0.5) is 4.79 Å². The third-order valence-electron chi connectivity index (χ3n) is 4.06. The molecule has 0 aromatic carbocycles. The number of amides is 1. The summed E-state index contributed by atoms with van der Waals surface area (Å²) in [7, 11) is 0. The predicted molar refractivity (Wildman–Crippen MR) is 91.5 cm³/mol. The number of rotatable bonds is 5. The van der Waals surface area contributed by atoms with Gasteiger partial charge in [-0.25, -0.2) is 4.79 Å². The predicted octanol–water partition coefficient (Wildman–Crippen LogP) is 3.59. The molecular formula is C18H29N3O3. The zero-order valence-electron chi connectivity index (χ0n) is 15.2. The van der Waals surface area contributed by atoms with E-state index in [1.807, 2.05) is 32.6 Å². The van der Waals surface area contributed by atoms with E-state index < -0.39 is 5.60 Å². The van der Waals surface area contributed by atoms with Crippen molar-refractivity contribution < 1.29 is 14.3 Å². The first-order valence-corrected chi connectivity index (χ1v) is 8.70. The van der Waals surface area contributed by atoms with Gasteiger partial charge in [0.15, 0.2) is 0 Å². The SMILES string of the molecule is C[C@H](OCC[C@@H]1CCCN(C(=O)OC(C)(C)C)C1)c1cnccn1. The molecule has 1 amide bonds. The molecule has 2 atom stereocenters. The van der Waals surface area contributed by atoms with Crippen LogP contribution in [0.5, 0.6) is 0 Å². The highest BCUT2D eigenvalue weighted by Crippen LogP contribution is 2.23. The van der Waals surface area contributed by atoms with Gasteiger partial charge in [0.1, 0.15) is 5.60 Å². The van der Waals surface area contributed by atoms with E-state index >= 15 is 0 Å². The monoisotopic (exact) mass is 335 g/mol. The minimum Gasteiger partial charge on any atom is -0.444 e. The molecule has 6 nitrogen and oxygen atoms in total. The van der Waals surface area contributed by atoms with Crippen LogP contribution in [0, 0.1) is 5.92 Å². The summed E-state index contributed by atoms with van der Waals surface area (Å²) in [5.41, 5.74) is 0.399.